The van der Waals surface area contributed by atoms with Gasteiger partial charge < -0.3 is 11.1 Å². The van der Waals surface area contributed by atoms with Crippen LogP contribution in [0.3, 0.4) is 0 Å². The zero-order chi connectivity index (χ0) is 15.3. The molecule has 3 N–H and O–H groups in total. The van der Waals surface area contributed by atoms with E-state index in [1.807, 2.05) is 6.92 Å². The molecular weight excluding hydrogens is 323 g/mol. The van der Waals surface area contributed by atoms with Crippen LogP contribution in [-0.2, 0) is 14.6 Å². The summed E-state index contributed by atoms with van der Waals surface area (Å²) in [6.07, 6.45) is 1.27. The molecule has 0 aromatic heterocycles. The molecule has 5 nitrogen and oxygen atoms in total. The number of unbranched alkanes of at least 4 members (excludes halogenated alkanes) is 1. The number of benzene rings is 1. The van der Waals surface area contributed by atoms with Crippen molar-refractivity contribution in [1.82, 2.24) is 0 Å². The average molecular weight is 339 g/mol. The molecule has 0 unspecified atom stereocenters. The van der Waals surface area contributed by atoms with E-state index in [1.54, 1.807) is 0 Å². The van der Waals surface area contributed by atoms with E-state index in [2.05, 4.69) is 5.32 Å². The minimum atomic E-state index is -3.42. The fraction of sp³-hybridized carbons (Fsp3) is 0.417. The largest absolute Gasteiger partial charge is 0.399 e. The second-order valence-corrected chi connectivity index (χ2v) is 7.35. The Morgan fingerprint density at radius 1 is 1.30 bits per heavy atom. The second kappa shape index (κ2) is 7.15. The summed E-state index contributed by atoms with van der Waals surface area (Å²) in [6, 6.07) is 2.85. The van der Waals surface area contributed by atoms with E-state index < -0.39 is 21.5 Å². The van der Waals surface area contributed by atoms with Crippen molar-refractivity contribution in [1.29, 1.82) is 0 Å². The highest BCUT2D eigenvalue weighted by molar-refractivity contribution is 7.92. The smallest absolute Gasteiger partial charge is 0.239 e. The quantitative estimate of drug-likeness (QED) is 0.780. The first-order chi connectivity index (χ1) is 9.25. The number of nitrogens with one attached hydrogen (secondary N) is 1. The number of nitrogens with two attached hydrogens (primary N) is 1. The van der Waals surface area contributed by atoms with E-state index in [4.69, 9.17) is 28.9 Å². The second-order valence-electron chi connectivity index (χ2n) is 4.35. The highest BCUT2D eigenvalue weighted by Crippen LogP contribution is 2.32. The summed E-state index contributed by atoms with van der Waals surface area (Å²) in [4.78, 5) is 11.7. The van der Waals surface area contributed by atoms with Crippen molar-refractivity contribution in [3.63, 3.8) is 0 Å². The molecule has 0 bridgehead atoms. The van der Waals surface area contributed by atoms with E-state index in [0.29, 0.717) is 12.1 Å². The number of carbonyl (C=O) groups excluding carboxylic acids is 1. The van der Waals surface area contributed by atoms with E-state index in [-0.39, 0.29) is 21.5 Å². The van der Waals surface area contributed by atoms with E-state index in [1.165, 1.54) is 12.1 Å². The fourth-order valence-electron chi connectivity index (χ4n) is 1.52. The van der Waals surface area contributed by atoms with E-state index in [0.717, 1.165) is 6.42 Å². The highest BCUT2D eigenvalue weighted by Gasteiger charge is 2.18. The average Bonchev–Trinajstić information content (AvgIpc) is 2.30. The lowest BCUT2D eigenvalue weighted by Crippen LogP contribution is -2.25. The van der Waals surface area contributed by atoms with Crippen molar-refractivity contribution in [3.05, 3.63) is 22.2 Å². The standard InChI is InChI=1S/C12H16Cl2N2O3S/c1-2-3-4-20(18,19)7-11(17)16-12-9(13)5-8(15)6-10(12)14/h5-6H,2-4,7,15H2,1H3,(H,16,17). The van der Waals surface area contributed by atoms with Crippen LogP contribution in [0.25, 0.3) is 0 Å². The van der Waals surface area contributed by atoms with Crippen LogP contribution in [0.15, 0.2) is 12.1 Å². The van der Waals surface area contributed by atoms with E-state index in [9.17, 15) is 13.2 Å². The van der Waals surface area contributed by atoms with Crippen LogP contribution >= 0.6 is 23.2 Å². The molecule has 1 aromatic carbocycles. The zero-order valence-electron chi connectivity index (χ0n) is 10.9. The van der Waals surface area contributed by atoms with E-state index >= 15 is 0 Å². The molecule has 0 spiro atoms. The summed E-state index contributed by atoms with van der Waals surface area (Å²) in [7, 11) is -3.42. The van der Waals surface area contributed by atoms with Gasteiger partial charge in [-0.15, -0.1) is 0 Å². The Bertz CT molecular complexity index is 580. The lowest BCUT2D eigenvalue weighted by atomic mass is 10.3. The summed E-state index contributed by atoms with van der Waals surface area (Å²) < 4.78 is 23.3. The number of amides is 1. The minimum Gasteiger partial charge on any atom is -0.399 e. The molecule has 0 aliphatic carbocycles. The molecule has 0 saturated carbocycles. The van der Waals surface area contributed by atoms with Crippen LogP contribution in [-0.4, -0.2) is 25.8 Å². The Kier molecular flexibility index (Phi) is 6.10. The number of hydrogen-bond acceptors (Lipinski definition) is 4. The number of nitrogen functional groups attached to an aromatic ring is 1. The summed E-state index contributed by atoms with van der Waals surface area (Å²) >= 11 is 11.8. The van der Waals surface area contributed by atoms with Gasteiger partial charge in [0.25, 0.3) is 0 Å². The SMILES string of the molecule is CCCCS(=O)(=O)CC(=O)Nc1c(Cl)cc(N)cc1Cl. The van der Waals surface area contributed by atoms with Crippen LogP contribution in [0.1, 0.15) is 19.8 Å². The Hall–Kier alpha value is -0.980. The topological polar surface area (TPSA) is 89.3 Å². The van der Waals surface area contributed by atoms with Gasteiger partial charge in [-0.1, -0.05) is 36.5 Å². The molecule has 0 radical (unpaired) electrons. The van der Waals surface area contributed by atoms with Gasteiger partial charge in [-0.2, -0.15) is 0 Å². The van der Waals surface area contributed by atoms with Gasteiger partial charge in [0.2, 0.25) is 5.91 Å². The molecule has 8 heteroatoms. The predicted octanol–water partition coefficient (Wildman–Crippen LogP) is 2.73. The van der Waals surface area contributed by atoms with Crippen LogP contribution in [0.5, 0.6) is 0 Å². The molecular formula is C12H16Cl2N2O3S. The number of hydrogen-bond donors (Lipinski definition) is 2. The molecule has 1 aromatic rings. The highest BCUT2D eigenvalue weighted by atomic mass is 35.5. The summed E-state index contributed by atoms with van der Waals surface area (Å²) in [5.74, 6) is -1.28. The third-order valence-electron chi connectivity index (χ3n) is 2.49. The van der Waals surface area contributed by atoms with Crippen LogP contribution in [0.2, 0.25) is 10.0 Å². The molecule has 112 valence electrons. The molecule has 1 rings (SSSR count). The maximum absolute atomic E-state index is 11.7. The van der Waals surface area contributed by atoms with Crippen molar-refractivity contribution in [2.24, 2.45) is 0 Å². The van der Waals surface area contributed by atoms with Gasteiger partial charge in [0, 0.05) is 5.69 Å². The Morgan fingerprint density at radius 3 is 2.35 bits per heavy atom. The molecule has 1 amide bonds. The van der Waals surface area contributed by atoms with Gasteiger partial charge in [0.15, 0.2) is 9.84 Å². The zero-order valence-corrected chi connectivity index (χ0v) is 13.3. The first-order valence-electron chi connectivity index (χ1n) is 6.00. The van der Waals surface area contributed by atoms with Crippen molar-refractivity contribution in [2.75, 3.05) is 22.6 Å². The molecule has 0 heterocycles. The van der Waals surface area contributed by atoms with Gasteiger partial charge in [-0.05, 0) is 18.6 Å². The van der Waals surface area contributed by atoms with Crippen LogP contribution in [0.4, 0.5) is 11.4 Å². The third-order valence-corrected chi connectivity index (χ3v) is 4.70. The maximum atomic E-state index is 11.7. The molecule has 0 fully saturated rings. The van der Waals surface area contributed by atoms with Gasteiger partial charge in [0.05, 0.1) is 21.5 Å². The first kappa shape index (κ1) is 17.1. The molecule has 0 atom stereocenters. The van der Waals surface area contributed by atoms with Gasteiger partial charge in [0.1, 0.15) is 5.75 Å². The molecule has 20 heavy (non-hydrogen) atoms. The summed E-state index contributed by atoms with van der Waals surface area (Å²) in [5.41, 5.74) is 6.06. The monoisotopic (exact) mass is 338 g/mol. The minimum absolute atomic E-state index is 0.0138. The Morgan fingerprint density at radius 2 is 1.85 bits per heavy atom. The number of carbonyl (C=O) groups is 1. The fourth-order valence-corrected chi connectivity index (χ4v) is 3.47. The lowest BCUT2D eigenvalue weighted by Gasteiger charge is -2.10. The third kappa shape index (κ3) is 5.19. The number of sulfone groups is 1. The van der Waals surface area contributed by atoms with Crippen molar-refractivity contribution in [3.8, 4) is 0 Å². The van der Waals surface area contributed by atoms with Gasteiger partial charge in [-0.25, -0.2) is 8.42 Å². The first-order valence-corrected chi connectivity index (χ1v) is 8.57. The normalized spacial score (nSPS) is 11.3. The van der Waals surface area contributed by atoms with Crippen molar-refractivity contribution in [2.45, 2.75) is 19.8 Å². The Balaban J connectivity index is 2.77. The number of rotatable bonds is 6. The number of anilines is 2. The van der Waals surface area contributed by atoms with Crippen LogP contribution < -0.4 is 11.1 Å². The predicted molar refractivity (Wildman–Crippen MR) is 83.1 cm³/mol. The van der Waals surface area contributed by atoms with Gasteiger partial charge in [-0.3, -0.25) is 4.79 Å². The van der Waals surface area contributed by atoms with Crippen LogP contribution in [0, 0.1) is 0 Å². The van der Waals surface area contributed by atoms with Crippen molar-refractivity contribution < 1.29 is 13.2 Å². The summed E-state index contributed by atoms with van der Waals surface area (Å²) in [6.45, 7) is 1.88. The van der Waals surface area contributed by atoms with Gasteiger partial charge >= 0.3 is 0 Å². The molecule has 0 saturated heterocycles. The molecule has 0 aliphatic rings. The van der Waals surface area contributed by atoms with Crippen molar-refractivity contribution >= 4 is 50.3 Å². The number of halogens is 2. The lowest BCUT2D eigenvalue weighted by molar-refractivity contribution is -0.113. The summed E-state index contributed by atoms with van der Waals surface area (Å²) in [5, 5.41) is 2.72. The molecule has 0 aliphatic heterocycles. The maximum Gasteiger partial charge on any atom is 0.239 e. The Labute approximate surface area is 128 Å².